The Kier molecular flexibility index (Phi) is 5.69. The lowest BCUT2D eigenvalue weighted by molar-refractivity contribution is -0.161. The van der Waals surface area contributed by atoms with Gasteiger partial charge in [0.1, 0.15) is 6.10 Å². The zero-order chi connectivity index (χ0) is 20.3. The Hall–Kier alpha value is -2.64. The third-order valence-electron chi connectivity index (χ3n) is 5.97. The summed E-state index contributed by atoms with van der Waals surface area (Å²) >= 11 is 0. The Morgan fingerprint density at radius 1 is 1.17 bits per heavy atom. The first-order valence-electron chi connectivity index (χ1n) is 10.1. The van der Waals surface area contributed by atoms with E-state index in [0.29, 0.717) is 6.54 Å². The summed E-state index contributed by atoms with van der Waals surface area (Å²) in [6.45, 7) is 5.08. The predicted octanol–water partition coefficient (Wildman–Crippen LogP) is 3.31. The van der Waals surface area contributed by atoms with Crippen LogP contribution in [0.1, 0.15) is 25.3 Å². The maximum Gasteiger partial charge on any atom is 0.255 e. The zero-order valence-corrected chi connectivity index (χ0v) is 16.7. The standard InChI is InChI=1S/C22H26N4O3/c1-17-21(27)26(19-7-3-2-4-8-19)16-22(29-17)10-14-25(15-11-22)13-9-18-6-5-12-23-20(18)24-28/h2-8,12,17H,9-11,13-16H2,1H3. The largest absolute Gasteiger partial charge is 0.360 e. The maximum atomic E-state index is 12.7. The molecule has 2 saturated heterocycles. The minimum atomic E-state index is -0.438. The summed E-state index contributed by atoms with van der Waals surface area (Å²) in [5, 5.41) is 3.02. The molecule has 1 unspecified atom stereocenters. The quantitative estimate of drug-likeness (QED) is 0.728. The number of benzene rings is 1. The molecule has 1 aromatic heterocycles. The molecular weight excluding hydrogens is 368 g/mol. The van der Waals surface area contributed by atoms with Crippen molar-refractivity contribution < 1.29 is 9.53 Å². The second-order valence-corrected chi connectivity index (χ2v) is 7.87. The van der Waals surface area contributed by atoms with E-state index in [1.54, 1.807) is 6.20 Å². The number of anilines is 1. The van der Waals surface area contributed by atoms with Gasteiger partial charge in [0.2, 0.25) is 0 Å². The molecule has 7 heteroatoms. The van der Waals surface area contributed by atoms with E-state index in [1.165, 1.54) is 0 Å². The number of para-hydroxylation sites is 1. The summed E-state index contributed by atoms with van der Waals surface area (Å²) in [7, 11) is 0. The van der Waals surface area contributed by atoms with Gasteiger partial charge in [-0.05, 0) is 49.6 Å². The van der Waals surface area contributed by atoms with E-state index in [4.69, 9.17) is 4.74 Å². The number of carbonyl (C=O) groups excluding carboxylic acids is 1. The topological polar surface area (TPSA) is 75.1 Å². The summed E-state index contributed by atoms with van der Waals surface area (Å²) in [6.07, 6.45) is 3.65. The van der Waals surface area contributed by atoms with Gasteiger partial charge in [0, 0.05) is 37.1 Å². The average Bonchev–Trinajstić information content (AvgIpc) is 2.77. The Balaban J connectivity index is 1.39. The number of likely N-dealkylation sites (tertiary alicyclic amines) is 1. The molecule has 0 bridgehead atoms. The molecule has 2 aromatic rings. The van der Waals surface area contributed by atoms with Gasteiger partial charge in [0.05, 0.1) is 12.1 Å². The first kappa shape index (κ1) is 19.7. The highest BCUT2D eigenvalue weighted by molar-refractivity contribution is 5.97. The summed E-state index contributed by atoms with van der Waals surface area (Å²) in [5.74, 6) is 0.303. The van der Waals surface area contributed by atoms with Gasteiger partial charge < -0.3 is 14.5 Å². The third-order valence-corrected chi connectivity index (χ3v) is 5.97. The lowest BCUT2D eigenvalue weighted by Gasteiger charge is -2.49. The van der Waals surface area contributed by atoms with Crippen molar-refractivity contribution in [3.05, 3.63) is 59.1 Å². The van der Waals surface area contributed by atoms with Crippen LogP contribution in [-0.2, 0) is 16.0 Å². The molecule has 1 atom stereocenters. The fraction of sp³-hybridized carbons (Fsp3) is 0.455. The van der Waals surface area contributed by atoms with E-state index < -0.39 is 6.10 Å². The number of carbonyl (C=O) groups is 1. The minimum Gasteiger partial charge on any atom is -0.360 e. The van der Waals surface area contributed by atoms with Crippen molar-refractivity contribution in [3.63, 3.8) is 0 Å². The van der Waals surface area contributed by atoms with Crippen LogP contribution >= 0.6 is 0 Å². The first-order chi connectivity index (χ1) is 14.1. The monoisotopic (exact) mass is 394 g/mol. The Bertz CT molecular complexity index is 865. The fourth-order valence-corrected chi connectivity index (χ4v) is 4.32. The fourth-order valence-electron chi connectivity index (χ4n) is 4.32. The highest BCUT2D eigenvalue weighted by atomic mass is 16.5. The molecule has 2 aliphatic heterocycles. The van der Waals surface area contributed by atoms with Gasteiger partial charge in [0.25, 0.3) is 5.91 Å². The molecule has 3 heterocycles. The highest BCUT2D eigenvalue weighted by Gasteiger charge is 2.45. The second-order valence-electron chi connectivity index (χ2n) is 7.87. The molecule has 2 fully saturated rings. The van der Waals surface area contributed by atoms with Crippen LogP contribution in [0.3, 0.4) is 0 Å². The van der Waals surface area contributed by atoms with E-state index in [-0.39, 0.29) is 17.3 Å². The van der Waals surface area contributed by atoms with Crippen LogP contribution in [-0.4, -0.2) is 53.7 Å². The van der Waals surface area contributed by atoms with Crippen molar-refractivity contribution in [1.29, 1.82) is 0 Å². The summed E-state index contributed by atoms with van der Waals surface area (Å²) in [4.78, 5) is 31.9. The highest BCUT2D eigenvalue weighted by Crippen LogP contribution is 2.35. The molecule has 1 amide bonds. The van der Waals surface area contributed by atoms with Gasteiger partial charge in [-0.1, -0.05) is 24.3 Å². The molecule has 0 aliphatic carbocycles. The number of pyridine rings is 1. The predicted molar refractivity (Wildman–Crippen MR) is 111 cm³/mol. The number of hydrogen-bond donors (Lipinski definition) is 0. The number of piperidine rings is 1. The molecule has 1 aromatic carbocycles. The molecular formula is C22H26N4O3. The number of aromatic nitrogens is 1. The van der Waals surface area contributed by atoms with Crippen molar-refractivity contribution in [1.82, 2.24) is 9.88 Å². The minimum absolute atomic E-state index is 0.0229. The summed E-state index contributed by atoms with van der Waals surface area (Å²) in [5.41, 5.74) is 1.51. The molecule has 1 spiro atoms. The number of ether oxygens (including phenoxy) is 1. The Labute approximate surface area is 170 Å². The number of amides is 1. The van der Waals surface area contributed by atoms with E-state index in [0.717, 1.165) is 50.1 Å². The van der Waals surface area contributed by atoms with Gasteiger partial charge in [-0.25, -0.2) is 4.98 Å². The molecule has 2 aliphatic rings. The molecule has 152 valence electrons. The average molecular weight is 394 g/mol. The van der Waals surface area contributed by atoms with Crippen LogP contribution in [0.4, 0.5) is 11.5 Å². The number of rotatable bonds is 5. The third kappa shape index (κ3) is 4.21. The maximum absolute atomic E-state index is 12.7. The van der Waals surface area contributed by atoms with Crippen molar-refractivity contribution >= 4 is 17.4 Å². The molecule has 7 nitrogen and oxygen atoms in total. The van der Waals surface area contributed by atoms with E-state index in [2.05, 4.69) is 15.1 Å². The van der Waals surface area contributed by atoms with Crippen molar-refractivity contribution in [2.24, 2.45) is 5.18 Å². The smallest absolute Gasteiger partial charge is 0.255 e. The first-order valence-corrected chi connectivity index (χ1v) is 10.1. The van der Waals surface area contributed by atoms with Crippen molar-refractivity contribution in [2.75, 3.05) is 31.1 Å². The van der Waals surface area contributed by atoms with Crippen LogP contribution in [0.15, 0.2) is 53.8 Å². The van der Waals surface area contributed by atoms with Gasteiger partial charge in [0.15, 0.2) is 5.82 Å². The zero-order valence-electron chi connectivity index (χ0n) is 16.7. The van der Waals surface area contributed by atoms with Gasteiger partial charge >= 0.3 is 0 Å². The molecule has 29 heavy (non-hydrogen) atoms. The number of hydrogen-bond acceptors (Lipinski definition) is 6. The lowest BCUT2D eigenvalue weighted by atomic mass is 9.88. The van der Waals surface area contributed by atoms with Gasteiger partial charge in [-0.3, -0.25) is 4.79 Å². The van der Waals surface area contributed by atoms with Gasteiger partial charge in [-0.2, -0.15) is 0 Å². The Morgan fingerprint density at radius 2 is 1.93 bits per heavy atom. The molecule has 0 saturated carbocycles. The molecule has 0 N–H and O–H groups in total. The van der Waals surface area contributed by atoms with Crippen LogP contribution in [0, 0.1) is 4.91 Å². The lowest BCUT2D eigenvalue weighted by Crippen LogP contribution is -2.61. The summed E-state index contributed by atoms with van der Waals surface area (Å²) < 4.78 is 6.24. The molecule has 4 rings (SSSR count). The van der Waals surface area contributed by atoms with Crippen molar-refractivity contribution in [3.8, 4) is 0 Å². The second kappa shape index (κ2) is 8.39. The van der Waals surface area contributed by atoms with E-state index >= 15 is 0 Å². The van der Waals surface area contributed by atoms with Crippen molar-refractivity contribution in [2.45, 2.75) is 37.9 Å². The number of nitroso groups, excluding NO2 is 1. The number of nitrogens with zero attached hydrogens (tertiary/aromatic N) is 4. The number of morpholine rings is 1. The van der Waals surface area contributed by atoms with Crippen LogP contribution < -0.4 is 4.90 Å². The van der Waals surface area contributed by atoms with Crippen LogP contribution in [0.25, 0.3) is 0 Å². The molecule has 0 radical (unpaired) electrons. The normalized spacial score (nSPS) is 22.0. The van der Waals surface area contributed by atoms with E-state index in [9.17, 15) is 9.70 Å². The van der Waals surface area contributed by atoms with Crippen LogP contribution in [0.2, 0.25) is 0 Å². The van der Waals surface area contributed by atoms with Crippen LogP contribution in [0.5, 0.6) is 0 Å². The SMILES string of the molecule is CC1OC2(CCN(CCc3cccnc3N=O)CC2)CN(c2ccccc2)C1=O. The Morgan fingerprint density at radius 3 is 2.66 bits per heavy atom. The van der Waals surface area contributed by atoms with Gasteiger partial charge in [-0.15, -0.1) is 4.91 Å². The summed E-state index contributed by atoms with van der Waals surface area (Å²) in [6, 6.07) is 13.6. The van der Waals surface area contributed by atoms with E-state index in [1.807, 2.05) is 54.3 Å².